The van der Waals surface area contributed by atoms with Crippen LogP contribution in [0.5, 0.6) is 0 Å². The number of amides is 1. The van der Waals surface area contributed by atoms with Crippen LogP contribution >= 0.6 is 11.6 Å². The van der Waals surface area contributed by atoms with Crippen molar-refractivity contribution in [2.75, 3.05) is 0 Å². The van der Waals surface area contributed by atoms with Crippen molar-refractivity contribution >= 4 is 17.5 Å². The molecule has 3 nitrogen and oxygen atoms in total. The maximum Gasteiger partial charge on any atom is 0.242 e. The van der Waals surface area contributed by atoms with Crippen molar-refractivity contribution in [3.8, 4) is 0 Å². The normalized spacial score (nSPS) is 21.3. The molecule has 2 atom stereocenters. The summed E-state index contributed by atoms with van der Waals surface area (Å²) in [7, 11) is 0. The summed E-state index contributed by atoms with van der Waals surface area (Å²) in [6.45, 7) is 0.392. The zero-order valence-electron chi connectivity index (χ0n) is 11.2. The van der Waals surface area contributed by atoms with Gasteiger partial charge in [-0.15, -0.1) is 0 Å². The monoisotopic (exact) mass is 304 g/mol. The van der Waals surface area contributed by atoms with Crippen LogP contribution in [0.25, 0.3) is 0 Å². The second kappa shape index (κ2) is 5.47. The van der Waals surface area contributed by atoms with Crippen LogP contribution < -0.4 is 5.73 Å². The molecule has 108 valence electrons. The molecule has 0 spiro atoms. The summed E-state index contributed by atoms with van der Waals surface area (Å²) in [5.74, 6) is -0.419. The lowest BCUT2D eigenvalue weighted by molar-refractivity contribution is -0.150. The van der Waals surface area contributed by atoms with Gasteiger partial charge >= 0.3 is 0 Å². The van der Waals surface area contributed by atoms with E-state index in [-0.39, 0.29) is 17.8 Å². The smallest absolute Gasteiger partial charge is 0.242 e. The van der Waals surface area contributed by atoms with Gasteiger partial charge in [-0.05, 0) is 29.3 Å². The summed E-state index contributed by atoms with van der Waals surface area (Å²) in [5.41, 5.74) is 7.62. The minimum atomic E-state index is -0.578. The predicted octanol–water partition coefficient (Wildman–Crippen LogP) is 2.89. The number of hydrogen-bond donors (Lipinski definition) is 1. The largest absolute Gasteiger partial charge is 0.328 e. The highest BCUT2D eigenvalue weighted by Gasteiger charge is 2.46. The van der Waals surface area contributed by atoms with Gasteiger partial charge in [-0.1, -0.05) is 41.9 Å². The first kappa shape index (κ1) is 14.0. The third-order valence-corrected chi connectivity index (χ3v) is 4.08. The molecular weight excluding hydrogens is 291 g/mol. The number of rotatable bonds is 3. The lowest BCUT2D eigenvalue weighted by Gasteiger charge is -2.46. The molecule has 0 radical (unpaired) electrons. The third-order valence-electron chi connectivity index (χ3n) is 3.73. The fraction of sp³-hybridized carbons (Fsp3) is 0.188. The van der Waals surface area contributed by atoms with Crippen molar-refractivity contribution < 1.29 is 9.18 Å². The minimum absolute atomic E-state index is 0.121. The number of benzene rings is 2. The quantitative estimate of drug-likeness (QED) is 0.886. The van der Waals surface area contributed by atoms with Crippen LogP contribution in [0.15, 0.2) is 48.5 Å². The van der Waals surface area contributed by atoms with Crippen molar-refractivity contribution in [1.29, 1.82) is 0 Å². The second-order valence-electron chi connectivity index (χ2n) is 5.08. The molecule has 0 bridgehead atoms. The average Bonchev–Trinajstić information content (AvgIpc) is 2.50. The van der Waals surface area contributed by atoms with E-state index >= 15 is 0 Å². The molecule has 0 aliphatic carbocycles. The summed E-state index contributed by atoms with van der Waals surface area (Å²) in [5, 5.41) is 0.592. The first-order chi connectivity index (χ1) is 10.1. The molecule has 21 heavy (non-hydrogen) atoms. The standard InChI is InChI=1S/C16H14ClFN2O/c17-13-4-2-1-3-12(13)15-14(19)16(21)20(15)9-10-5-7-11(18)8-6-10/h1-8,14-15H,9,19H2/t14-,15-/m1/s1. The van der Waals surface area contributed by atoms with Crippen LogP contribution in [0.3, 0.4) is 0 Å². The van der Waals surface area contributed by atoms with E-state index in [1.807, 2.05) is 18.2 Å². The van der Waals surface area contributed by atoms with Crippen LogP contribution in [0, 0.1) is 5.82 Å². The first-order valence-corrected chi connectivity index (χ1v) is 7.00. The van der Waals surface area contributed by atoms with Gasteiger partial charge < -0.3 is 10.6 Å². The van der Waals surface area contributed by atoms with Gasteiger partial charge in [0.25, 0.3) is 0 Å². The molecule has 0 saturated carbocycles. The van der Waals surface area contributed by atoms with Gasteiger partial charge in [0.05, 0.1) is 6.04 Å². The SMILES string of the molecule is N[C@H]1C(=O)N(Cc2ccc(F)cc2)[C@@H]1c1ccccc1Cl. The van der Waals surface area contributed by atoms with Crippen molar-refractivity contribution in [1.82, 2.24) is 4.90 Å². The van der Waals surface area contributed by atoms with E-state index in [9.17, 15) is 9.18 Å². The van der Waals surface area contributed by atoms with Crippen molar-refractivity contribution in [2.24, 2.45) is 5.73 Å². The molecule has 1 amide bonds. The van der Waals surface area contributed by atoms with E-state index in [4.69, 9.17) is 17.3 Å². The number of carbonyl (C=O) groups excluding carboxylic acids is 1. The minimum Gasteiger partial charge on any atom is -0.328 e. The fourth-order valence-corrected chi connectivity index (χ4v) is 2.86. The van der Waals surface area contributed by atoms with Crippen molar-refractivity contribution in [2.45, 2.75) is 18.6 Å². The highest BCUT2D eigenvalue weighted by atomic mass is 35.5. The number of β-lactam (4-membered cyclic amide) rings is 1. The molecule has 1 saturated heterocycles. The summed E-state index contributed by atoms with van der Waals surface area (Å²) < 4.78 is 12.9. The molecule has 2 N–H and O–H groups in total. The van der Waals surface area contributed by atoms with Crippen LogP contribution in [0.2, 0.25) is 5.02 Å². The highest BCUT2D eigenvalue weighted by Crippen LogP contribution is 2.38. The molecule has 2 aromatic rings. The Balaban J connectivity index is 1.85. The van der Waals surface area contributed by atoms with Crippen LogP contribution in [0.1, 0.15) is 17.2 Å². The molecule has 1 heterocycles. The van der Waals surface area contributed by atoms with E-state index in [0.717, 1.165) is 11.1 Å². The lowest BCUT2D eigenvalue weighted by Crippen LogP contribution is -2.62. The molecule has 1 aliphatic heterocycles. The van der Waals surface area contributed by atoms with E-state index in [2.05, 4.69) is 0 Å². The first-order valence-electron chi connectivity index (χ1n) is 6.63. The topological polar surface area (TPSA) is 46.3 Å². The number of hydrogen-bond acceptors (Lipinski definition) is 2. The molecular formula is C16H14ClFN2O. The molecule has 0 aromatic heterocycles. The summed E-state index contributed by atoms with van der Waals surface area (Å²) in [4.78, 5) is 13.7. The Kier molecular flexibility index (Phi) is 3.66. The zero-order valence-corrected chi connectivity index (χ0v) is 11.9. The molecule has 5 heteroatoms. The maximum atomic E-state index is 12.9. The van der Waals surface area contributed by atoms with E-state index in [1.54, 1.807) is 23.1 Å². The number of halogens is 2. The summed E-state index contributed by atoms with van der Waals surface area (Å²) in [6.07, 6.45) is 0. The second-order valence-corrected chi connectivity index (χ2v) is 5.49. The zero-order chi connectivity index (χ0) is 15.0. The highest BCUT2D eigenvalue weighted by molar-refractivity contribution is 6.31. The van der Waals surface area contributed by atoms with Gasteiger partial charge in [0, 0.05) is 11.6 Å². The van der Waals surface area contributed by atoms with Gasteiger partial charge in [-0.25, -0.2) is 4.39 Å². The Morgan fingerprint density at radius 2 is 1.81 bits per heavy atom. The van der Waals surface area contributed by atoms with E-state index < -0.39 is 6.04 Å². The summed E-state index contributed by atoms with van der Waals surface area (Å²) in [6, 6.07) is 12.6. The van der Waals surface area contributed by atoms with Crippen LogP contribution in [-0.4, -0.2) is 16.8 Å². The molecule has 1 aliphatic rings. The maximum absolute atomic E-state index is 12.9. The van der Waals surface area contributed by atoms with E-state index in [0.29, 0.717) is 11.6 Å². The fourth-order valence-electron chi connectivity index (χ4n) is 2.61. The molecule has 3 rings (SSSR count). The average molecular weight is 305 g/mol. The third kappa shape index (κ3) is 2.52. The molecule has 1 fully saturated rings. The van der Waals surface area contributed by atoms with Gasteiger partial charge in [-0.2, -0.15) is 0 Å². The van der Waals surface area contributed by atoms with Crippen molar-refractivity contribution in [3.63, 3.8) is 0 Å². The Labute approximate surface area is 127 Å². The van der Waals surface area contributed by atoms with Gasteiger partial charge in [0.1, 0.15) is 11.9 Å². The van der Waals surface area contributed by atoms with Gasteiger partial charge in [0.15, 0.2) is 0 Å². The number of nitrogens with zero attached hydrogens (tertiary/aromatic N) is 1. The number of carbonyl (C=O) groups is 1. The van der Waals surface area contributed by atoms with Gasteiger partial charge in [-0.3, -0.25) is 4.79 Å². The van der Waals surface area contributed by atoms with E-state index in [1.165, 1.54) is 12.1 Å². The molecule has 0 unspecified atom stereocenters. The summed E-state index contributed by atoms with van der Waals surface area (Å²) >= 11 is 6.19. The molecule has 2 aromatic carbocycles. The number of nitrogens with two attached hydrogens (primary N) is 1. The Morgan fingerprint density at radius 1 is 1.14 bits per heavy atom. The van der Waals surface area contributed by atoms with Crippen LogP contribution in [-0.2, 0) is 11.3 Å². The lowest BCUT2D eigenvalue weighted by atomic mass is 9.88. The van der Waals surface area contributed by atoms with Gasteiger partial charge in [0.2, 0.25) is 5.91 Å². The Bertz CT molecular complexity index is 674. The van der Waals surface area contributed by atoms with Crippen LogP contribution in [0.4, 0.5) is 4.39 Å². The predicted molar refractivity (Wildman–Crippen MR) is 79.1 cm³/mol. The van der Waals surface area contributed by atoms with Crippen molar-refractivity contribution in [3.05, 3.63) is 70.5 Å². The Hall–Kier alpha value is -1.91. The Morgan fingerprint density at radius 3 is 2.48 bits per heavy atom. The number of likely N-dealkylation sites (tertiary alicyclic amines) is 1.